The molecule has 0 spiro atoms. The summed E-state index contributed by atoms with van der Waals surface area (Å²) >= 11 is 0. The van der Waals surface area contributed by atoms with Crippen molar-refractivity contribution in [2.24, 2.45) is 11.7 Å². The molecule has 0 aromatic heterocycles. The van der Waals surface area contributed by atoms with E-state index in [-0.39, 0.29) is 18.2 Å². The van der Waals surface area contributed by atoms with Gasteiger partial charge in [-0.3, -0.25) is 0 Å². The van der Waals surface area contributed by atoms with Crippen LogP contribution < -0.4 is 5.73 Å². The lowest BCUT2D eigenvalue weighted by Crippen LogP contribution is -2.26. The zero-order valence-electron chi connectivity index (χ0n) is 10.3. The van der Waals surface area contributed by atoms with Gasteiger partial charge in [0, 0.05) is 5.56 Å². The van der Waals surface area contributed by atoms with E-state index >= 15 is 0 Å². The topological polar surface area (TPSA) is 66.5 Å². The minimum Gasteiger partial charge on any atom is -0.508 e. The van der Waals surface area contributed by atoms with Gasteiger partial charge in [-0.15, -0.1) is 12.4 Å². The number of halogens is 1. The minimum absolute atomic E-state index is 0. The highest BCUT2D eigenvalue weighted by molar-refractivity contribution is 5.85. The Labute approximate surface area is 109 Å². The molecule has 0 fully saturated rings. The summed E-state index contributed by atoms with van der Waals surface area (Å²) in [6.45, 7) is 4.22. The number of aliphatic hydroxyl groups is 1. The van der Waals surface area contributed by atoms with Crippen LogP contribution in [0.25, 0.3) is 0 Å². The van der Waals surface area contributed by atoms with Gasteiger partial charge in [-0.05, 0) is 24.8 Å². The number of hydrogen-bond donors (Lipinski definition) is 3. The van der Waals surface area contributed by atoms with E-state index in [2.05, 4.69) is 13.8 Å². The first-order chi connectivity index (χ1) is 7.52. The predicted molar refractivity (Wildman–Crippen MR) is 72.4 cm³/mol. The quantitative estimate of drug-likeness (QED) is 0.762. The molecule has 0 bridgehead atoms. The van der Waals surface area contributed by atoms with Crippen LogP contribution in [0.5, 0.6) is 5.75 Å². The maximum absolute atomic E-state index is 9.91. The zero-order valence-corrected chi connectivity index (χ0v) is 11.2. The predicted octanol–water partition coefficient (Wildman–Crippen LogP) is 2.61. The van der Waals surface area contributed by atoms with E-state index in [1.165, 1.54) is 0 Å². The Morgan fingerprint density at radius 1 is 1.18 bits per heavy atom. The normalized spacial score (nSPS) is 14.2. The number of aromatic hydroxyl groups is 1. The first-order valence-corrected chi connectivity index (χ1v) is 5.74. The molecule has 1 rings (SSSR count). The second-order valence-corrected chi connectivity index (χ2v) is 4.62. The molecule has 0 aliphatic rings. The average molecular weight is 260 g/mol. The van der Waals surface area contributed by atoms with E-state index in [9.17, 15) is 10.2 Å². The summed E-state index contributed by atoms with van der Waals surface area (Å²) in [4.78, 5) is 0. The highest BCUT2D eigenvalue weighted by Crippen LogP contribution is 2.26. The van der Waals surface area contributed by atoms with Crippen LogP contribution in [0.2, 0.25) is 0 Å². The van der Waals surface area contributed by atoms with Gasteiger partial charge in [0.25, 0.3) is 0 Å². The SMILES string of the molecule is CC(C)CC[C@H](O)[C@H](N)c1ccccc1O.Cl. The van der Waals surface area contributed by atoms with Crippen molar-refractivity contribution >= 4 is 12.4 Å². The first-order valence-electron chi connectivity index (χ1n) is 5.74. The molecule has 98 valence electrons. The van der Waals surface area contributed by atoms with Crippen LogP contribution in [0.15, 0.2) is 24.3 Å². The van der Waals surface area contributed by atoms with E-state index in [0.29, 0.717) is 17.9 Å². The molecule has 0 radical (unpaired) electrons. The molecule has 0 saturated heterocycles. The van der Waals surface area contributed by atoms with Gasteiger partial charge < -0.3 is 15.9 Å². The lowest BCUT2D eigenvalue weighted by Gasteiger charge is -2.20. The van der Waals surface area contributed by atoms with Crippen molar-refractivity contribution in [2.45, 2.75) is 38.8 Å². The molecule has 17 heavy (non-hydrogen) atoms. The van der Waals surface area contributed by atoms with Crippen molar-refractivity contribution in [2.75, 3.05) is 0 Å². The van der Waals surface area contributed by atoms with E-state index < -0.39 is 12.1 Å². The van der Waals surface area contributed by atoms with Gasteiger partial charge in [0.2, 0.25) is 0 Å². The van der Waals surface area contributed by atoms with Gasteiger partial charge in [0.15, 0.2) is 0 Å². The molecular formula is C13H22ClNO2. The number of phenols is 1. The molecule has 1 aromatic rings. The van der Waals surface area contributed by atoms with E-state index in [1.54, 1.807) is 18.2 Å². The number of nitrogens with two attached hydrogens (primary N) is 1. The number of rotatable bonds is 5. The second-order valence-electron chi connectivity index (χ2n) is 4.62. The van der Waals surface area contributed by atoms with Crippen molar-refractivity contribution in [3.05, 3.63) is 29.8 Å². The van der Waals surface area contributed by atoms with Gasteiger partial charge in [0.1, 0.15) is 5.75 Å². The van der Waals surface area contributed by atoms with Crippen LogP contribution in [0, 0.1) is 5.92 Å². The Bertz CT molecular complexity index is 331. The van der Waals surface area contributed by atoms with Crippen LogP contribution >= 0.6 is 12.4 Å². The Kier molecular flexibility index (Phi) is 7.19. The molecule has 2 atom stereocenters. The van der Waals surface area contributed by atoms with Gasteiger partial charge in [-0.2, -0.15) is 0 Å². The Morgan fingerprint density at radius 3 is 2.29 bits per heavy atom. The number of para-hydroxylation sites is 1. The van der Waals surface area contributed by atoms with Crippen molar-refractivity contribution in [3.8, 4) is 5.75 Å². The zero-order chi connectivity index (χ0) is 12.1. The van der Waals surface area contributed by atoms with Crippen molar-refractivity contribution in [1.29, 1.82) is 0 Å². The molecule has 4 N–H and O–H groups in total. The van der Waals surface area contributed by atoms with Crippen LogP contribution in [-0.2, 0) is 0 Å². The highest BCUT2D eigenvalue weighted by Gasteiger charge is 2.19. The minimum atomic E-state index is -0.601. The summed E-state index contributed by atoms with van der Waals surface area (Å²) in [5.74, 6) is 0.699. The molecule has 3 nitrogen and oxygen atoms in total. The molecule has 1 aromatic carbocycles. The third kappa shape index (κ3) is 4.94. The van der Waals surface area contributed by atoms with Gasteiger partial charge >= 0.3 is 0 Å². The van der Waals surface area contributed by atoms with E-state index in [1.807, 2.05) is 6.07 Å². The number of phenolic OH excluding ortho intramolecular Hbond substituents is 1. The van der Waals surface area contributed by atoms with E-state index in [4.69, 9.17) is 5.73 Å². The fraction of sp³-hybridized carbons (Fsp3) is 0.538. The Balaban J connectivity index is 0.00000256. The highest BCUT2D eigenvalue weighted by atomic mass is 35.5. The molecule has 0 amide bonds. The summed E-state index contributed by atoms with van der Waals surface area (Å²) in [7, 11) is 0. The Hall–Kier alpha value is -0.770. The molecular weight excluding hydrogens is 238 g/mol. The van der Waals surface area contributed by atoms with Crippen LogP contribution in [-0.4, -0.2) is 16.3 Å². The fourth-order valence-corrected chi connectivity index (χ4v) is 1.66. The van der Waals surface area contributed by atoms with Crippen LogP contribution in [0.3, 0.4) is 0 Å². The molecule has 0 aliphatic heterocycles. The summed E-state index contributed by atoms with van der Waals surface area (Å²) in [6, 6.07) is 6.37. The first kappa shape index (κ1) is 16.2. The smallest absolute Gasteiger partial charge is 0.120 e. The van der Waals surface area contributed by atoms with Crippen molar-refractivity contribution in [3.63, 3.8) is 0 Å². The average Bonchev–Trinajstić information content (AvgIpc) is 2.25. The third-order valence-electron chi connectivity index (χ3n) is 2.75. The maximum atomic E-state index is 9.91. The molecule has 4 heteroatoms. The standard InChI is InChI=1S/C13H21NO2.ClH/c1-9(2)7-8-12(16)13(14)10-5-3-4-6-11(10)15;/h3-6,9,12-13,15-16H,7-8,14H2,1-2H3;1H/t12-,13+;/m0./s1. The summed E-state index contributed by atoms with van der Waals surface area (Å²) in [5.41, 5.74) is 6.53. The van der Waals surface area contributed by atoms with Gasteiger partial charge in [0.05, 0.1) is 12.1 Å². The van der Waals surface area contributed by atoms with Crippen molar-refractivity contribution in [1.82, 2.24) is 0 Å². The third-order valence-corrected chi connectivity index (χ3v) is 2.75. The van der Waals surface area contributed by atoms with Crippen LogP contribution in [0.4, 0.5) is 0 Å². The number of benzene rings is 1. The Morgan fingerprint density at radius 2 is 1.76 bits per heavy atom. The summed E-state index contributed by atoms with van der Waals surface area (Å²) in [5, 5.41) is 19.5. The van der Waals surface area contributed by atoms with Crippen LogP contribution in [0.1, 0.15) is 38.3 Å². The maximum Gasteiger partial charge on any atom is 0.120 e. The van der Waals surface area contributed by atoms with Gasteiger partial charge in [-0.25, -0.2) is 0 Å². The number of aliphatic hydroxyl groups excluding tert-OH is 1. The second kappa shape index (κ2) is 7.54. The molecule has 0 saturated carbocycles. The van der Waals surface area contributed by atoms with Crippen molar-refractivity contribution < 1.29 is 10.2 Å². The largest absolute Gasteiger partial charge is 0.508 e. The van der Waals surface area contributed by atoms with Gasteiger partial charge in [-0.1, -0.05) is 32.0 Å². The fourth-order valence-electron chi connectivity index (χ4n) is 1.66. The van der Waals surface area contributed by atoms with E-state index in [0.717, 1.165) is 6.42 Å². The molecule has 0 heterocycles. The molecule has 0 aliphatic carbocycles. The lowest BCUT2D eigenvalue weighted by molar-refractivity contribution is 0.127. The lowest BCUT2D eigenvalue weighted by atomic mass is 9.95. The monoisotopic (exact) mass is 259 g/mol. The summed E-state index contributed by atoms with van der Waals surface area (Å²) < 4.78 is 0. The number of hydrogen-bond acceptors (Lipinski definition) is 3. The summed E-state index contributed by atoms with van der Waals surface area (Å²) in [6.07, 6.45) is 0.992. The molecule has 0 unspecified atom stereocenters.